The normalized spacial score (nSPS) is 47.4. The number of Topliss-reactive ketones (excluding diaryl/α,β-unsaturated/α-hetero) is 1. The number of allylic oxidation sites excluding steroid dienone is 1. The van der Waals surface area contributed by atoms with Gasteiger partial charge in [-0.3, -0.25) is 9.59 Å². The summed E-state index contributed by atoms with van der Waals surface area (Å²) in [6.07, 6.45) is 10.5. The van der Waals surface area contributed by atoms with E-state index in [1.54, 1.807) is 0 Å². The van der Waals surface area contributed by atoms with E-state index in [9.17, 15) is 9.59 Å². The molecule has 3 saturated carbocycles. The van der Waals surface area contributed by atoms with Crippen molar-refractivity contribution in [3.63, 3.8) is 0 Å². The lowest BCUT2D eigenvalue weighted by Crippen LogP contribution is -2.48. The summed E-state index contributed by atoms with van der Waals surface area (Å²) >= 11 is 0. The van der Waals surface area contributed by atoms with Crippen LogP contribution in [0.1, 0.15) is 58.3 Å². The summed E-state index contributed by atoms with van der Waals surface area (Å²) in [5, 5.41) is 0. The number of ketones is 2. The van der Waals surface area contributed by atoms with Gasteiger partial charge in [0.1, 0.15) is 5.78 Å². The summed E-state index contributed by atoms with van der Waals surface area (Å²) in [5.41, 5.74) is 1.61. The molecule has 4 aliphatic carbocycles. The summed E-state index contributed by atoms with van der Waals surface area (Å²) in [7, 11) is 0. The SMILES string of the molecule is C[C@@]12CCC[C@H]1[C@@H]1C(=O)CC3=CC(=O)CC[C@@H]3[C@H]1CC2. The van der Waals surface area contributed by atoms with Gasteiger partial charge in [0.25, 0.3) is 0 Å². The molecule has 0 heterocycles. The molecule has 3 fully saturated rings. The van der Waals surface area contributed by atoms with Crippen molar-refractivity contribution in [2.75, 3.05) is 0 Å². The van der Waals surface area contributed by atoms with Crippen molar-refractivity contribution < 1.29 is 9.59 Å². The first kappa shape index (κ1) is 12.8. The van der Waals surface area contributed by atoms with Crippen LogP contribution in [0.4, 0.5) is 0 Å². The smallest absolute Gasteiger partial charge is 0.155 e. The first-order valence-electron chi connectivity index (χ1n) is 8.34. The Morgan fingerprint density at radius 1 is 1.15 bits per heavy atom. The van der Waals surface area contributed by atoms with E-state index in [-0.39, 0.29) is 5.78 Å². The Labute approximate surface area is 121 Å². The van der Waals surface area contributed by atoms with Crippen molar-refractivity contribution in [2.24, 2.45) is 29.1 Å². The molecule has 20 heavy (non-hydrogen) atoms. The summed E-state index contributed by atoms with van der Waals surface area (Å²) in [6.45, 7) is 2.42. The second-order valence-corrected chi connectivity index (χ2v) is 7.85. The van der Waals surface area contributed by atoms with E-state index in [1.807, 2.05) is 6.08 Å². The molecule has 4 rings (SSSR count). The molecule has 0 unspecified atom stereocenters. The van der Waals surface area contributed by atoms with Crippen molar-refractivity contribution in [1.82, 2.24) is 0 Å². The Morgan fingerprint density at radius 3 is 2.85 bits per heavy atom. The Balaban J connectivity index is 1.70. The van der Waals surface area contributed by atoms with Crippen LogP contribution < -0.4 is 0 Å². The van der Waals surface area contributed by atoms with E-state index in [0.717, 1.165) is 6.42 Å². The molecule has 0 aromatic rings. The molecule has 108 valence electrons. The minimum absolute atomic E-state index is 0.240. The van der Waals surface area contributed by atoms with Crippen molar-refractivity contribution in [3.05, 3.63) is 11.6 Å². The van der Waals surface area contributed by atoms with Crippen LogP contribution in [-0.2, 0) is 9.59 Å². The lowest BCUT2D eigenvalue weighted by Gasteiger charge is -2.51. The summed E-state index contributed by atoms with van der Waals surface area (Å²) in [4.78, 5) is 24.4. The third-order valence-corrected chi connectivity index (χ3v) is 6.89. The molecular weight excluding hydrogens is 248 g/mol. The third kappa shape index (κ3) is 1.69. The highest BCUT2D eigenvalue weighted by molar-refractivity contribution is 5.94. The maximum atomic E-state index is 12.7. The van der Waals surface area contributed by atoms with Gasteiger partial charge in [0.15, 0.2) is 5.78 Å². The third-order valence-electron chi connectivity index (χ3n) is 6.89. The van der Waals surface area contributed by atoms with Gasteiger partial charge < -0.3 is 0 Å². The van der Waals surface area contributed by atoms with Gasteiger partial charge in [-0.15, -0.1) is 0 Å². The lowest BCUT2D eigenvalue weighted by atomic mass is 9.52. The minimum atomic E-state index is 0.240. The van der Waals surface area contributed by atoms with Crippen LogP contribution >= 0.6 is 0 Å². The maximum absolute atomic E-state index is 12.7. The van der Waals surface area contributed by atoms with Gasteiger partial charge in [-0.2, -0.15) is 0 Å². The Hall–Kier alpha value is -0.920. The van der Waals surface area contributed by atoms with Crippen molar-refractivity contribution in [1.29, 1.82) is 0 Å². The Kier molecular flexibility index (Phi) is 2.74. The zero-order valence-corrected chi connectivity index (χ0v) is 12.4. The highest BCUT2D eigenvalue weighted by Gasteiger charge is 2.55. The van der Waals surface area contributed by atoms with E-state index in [1.165, 1.54) is 37.7 Å². The molecule has 0 bridgehead atoms. The topological polar surface area (TPSA) is 34.1 Å². The summed E-state index contributed by atoms with van der Waals surface area (Å²) in [5.74, 6) is 2.72. The molecule has 2 heteroatoms. The number of carbonyl (C=O) groups is 2. The molecule has 0 aliphatic heterocycles. The lowest BCUT2D eigenvalue weighted by molar-refractivity contribution is -0.134. The number of rotatable bonds is 0. The molecule has 0 N–H and O–H groups in total. The molecule has 0 amide bonds. The highest BCUT2D eigenvalue weighted by atomic mass is 16.1. The summed E-state index contributed by atoms with van der Waals surface area (Å²) in [6, 6.07) is 0. The van der Waals surface area contributed by atoms with E-state index in [4.69, 9.17) is 0 Å². The fourth-order valence-electron chi connectivity index (χ4n) is 5.93. The summed E-state index contributed by atoms with van der Waals surface area (Å²) < 4.78 is 0. The zero-order valence-electron chi connectivity index (χ0n) is 12.4. The van der Waals surface area contributed by atoms with Crippen LogP contribution in [-0.4, -0.2) is 11.6 Å². The number of hydrogen-bond acceptors (Lipinski definition) is 2. The fraction of sp³-hybridized carbons (Fsp3) is 0.778. The van der Waals surface area contributed by atoms with Crippen molar-refractivity contribution in [2.45, 2.75) is 58.3 Å². The van der Waals surface area contributed by atoms with Crippen LogP contribution in [0.3, 0.4) is 0 Å². The molecule has 5 atom stereocenters. The average molecular weight is 272 g/mol. The largest absolute Gasteiger partial charge is 0.299 e. The van der Waals surface area contributed by atoms with E-state index < -0.39 is 0 Å². The number of hydrogen-bond donors (Lipinski definition) is 0. The van der Waals surface area contributed by atoms with Gasteiger partial charge in [0.05, 0.1) is 0 Å². The molecular formula is C18H24O2. The van der Waals surface area contributed by atoms with Crippen molar-refractivity contribution in [3.8, 4) is 0 Å². The highest BCUT2D eigenvalue weighted by Crippen LogP contribution is 2.60. The maximum Gasteiger partial charge on any atom is 0.155 e. The van der Waals surface area contributed by atoms with Crippen LogP contribution in [0, 0.1) is 29.1 Å². The molecule has 4 aliphatic rings. The molecule has 0 spiro atoms. The average Bonchev–Trinajstić information content (AvgIpc) is 2.79. The number of carbonyl (C=O) groups excluding carboxylic acids is 2. The van der Waals surface area contributed by atoms with Crippen LogP contribution in [0.2, 0.25) is 0 Å². The predicted octanol–water partition coefficient (Wildman–Crippen LogP) is 3.70. The first-order chi connectivity index (χ1) is 9.58. The zero-order chi connectivity index (χ0) is 13.9. The quantitative estimate of drug-likeness (QED) is 0.674. The van der Waals surface area contributed by atoms with Gasteiger partial charge in [-0.05, 0) is 61.3 Å². The first-order valence-corrected chi connectivity index (χ1v) is 8.34. The fourth-order valence-corrected chi connectivity index (χ4v) is 5.93. The molecule has 0 aromatic heterocycles. The minimum Gasteiger partial charge on any atom is -0.299 e. The molecule has 2 nitrogen and oxygen atoms in total. The van der Waals surface area contributed by atoms with Crippen LogP contribution in [0.25, 0.3) is 0 Å². The molecule has 0 radical (unpaired) electrons. The Bertz CT molecular complexity index is 504. The van der Waals surface area contributed by atoms with E-state index in [2.05, 4.69) is 6.92 Å². The van der Waals surface area contributed by atoms with Gasteiger partial charge >= 0.3 is 0 Å². The number of fused-ring (bicyclic) bond motifs is 5. The monoisotopic (exact) mass is 272 g/mol. The van der Waals surface area contributed by atoms with Gasteiger partial charge in [0.2, 0.25) is 0 Å². The van der Waals surface area contributed by atoms with Crippen LogP contribution in [0.15, 0.2) is 11.6 Å². The second-order valence-electron chi connectivity index (χ2n) is 7.85. The molecule has 0 saturated heterocycles. The van der Waals surface area contributed by atoms with Gasteiger partial charge in [-0.1, -0.05) is 18.9 Å². The Morgan fingerprint density at radius 2 is 2.00 bits per heavy atom. The van der Waals surface area contributed by atoms with E-state index >= 15 is 0 Å². The van der Waals surface area contributed by atoms with Crippen LogP contribution in [0.5, 0.6) is 0 Å². The molecule has 0 aromatic carbocycles. The van der Waals surface area contributed by atoms with Gasteiger partial charge in [-0.25, -0.2) is 0 Å². The van der Waals surface area contributed by atoms with E-state index in [0.29, 0.717) is 47.7 Å². The second kappa shape index (κ2) is 4.29. The van der Waals surface area contributed by atoms with Gasteiger partial charge in [0, 0.05) is 18.8 Å². The predicted molar refractivity (Wildman–Crippen MR) is 77.1 cm³/mol. The van der Waals surface area contributed by atoms with Crippen molar-refractivity contribution >= 4 is 11.6 Å². The standard InChI is InChI=1S/C18H24O2/c1-18-7-2-3-15(18)17-14(6-8-18)13-5-4-12(19)9-11(13)10-16(17)20/h9,13-15,17H,2-8,10H2,1H3/t13-,14+,15-,17+,18-/m0/s1.